The highest BCUT2D eigenvalue weighted by Crippen LogP contribution is 2.20. The van der Waals surface area contributed by atoms with Gasteiger partial charge in [-0.2, -0.15) is 0 Å². The summed E-state index contributed by atoms with van der Waals surface area (Å²) in [6.45, 7) is 0. The Kier molecular flexibility index (Phi) is 4.62. The van der Waals surface area contributed by atoms with Crippen molar-refractivity contribution in [1.29, 1.82) is 0 Å². The molecule has 76 valence electrons. The number of carbonyl (C=O) groups is 1. The number of carbonyl (C=O) groups excluding carboxylic acids is 1. The van der Waals surface area contributed by atoms with E-state index in [0.29, 0.717) is 10.2 Å². The smallest absolute Gasteiger partial charge is 0.147 e. The van der Waals surface area contributed by atoms with Crippen LogP contribution < -0.4 is 0 Å². The van der Waals surface area contributed by atoms with Crippen molar-refractivity contribution < 1.29 is 9.18 Å². The van der Waals surface area contributed by atoms with Gasteiger partial charge in [0.15, 0.2) is 0 Å². The lowest BCUT2D eigenvalue weighted by Crippen LogP contribution is -2.03. The zero-order chi connectivity index (χ0) is 10.6. The molecule has 0 fully saturated rings. The van der Waals surface area contributed by atoms with Crippen LogP contribution in [0.3, 0.4) is 0 Å². The molecule has 0 unspecified atom stereocenters. The van der Waals surface area contributed by atoms with Gasteiger partial charge in [-0.25, -0.2) is 4.39 Å². The maximum Gasteiger partial charge on any atom is 0.147 e. The van der Waals surface area contributed by atoms with Gasteiger partial charge in [-0.1, -0.05) is 22.0 Å². The summed E-state index contributed by atoms with van der Waals surface area (Å²) in [7, 11) is 0. The van der Waals surface area contributed by atoms with Crippen molar-refractivity contribution in [2.45, 2.75) is 11.3 Å². The average molecular weight is 277 g/mol. The normalized spacial score (nSPS) is 10.2. The van der Waals surface area contributed by atoms with E-state index in [1.165, 1.54) is 17.8 Å². The number of hydrogen-bond acceptors (Lipinski definition) is 2. The van der Waals surface area contributed by atoms with E-state index in [1.807, 2.05) is 6.26 Å². The zero-order valence-corrected chi connectivity index (χ0v) is 10.1. The van der Waals surface area contributed by atoms with Gasteiger partial charge in [-0.3, -0.25) is 4.79 Å². The van der Waals surface area contributed by atoms with E-state index in [2.05, 4.69) is 15.9 Å². The summed E-state index contributed by atoms with van der Waals surface area (Å²) in [4.78, 5) is 11.7. The molecule has 0 aliphatic rings. The van der Waals surface area contributed by atoms with Crippen molar-refractivity contribution in [3.63, 3.8) is 0 Å². The lowest BCUT2D eigenvalue weighted by molar-refractivity contribution is -0.115. The molecule has 1 rings (SSSR count). The highest BCUT2D eigenvalue weighted by Gasteiger charge is 2.05. The maximum atomic E-state index is 13.3. The number of Topliss-reactive ketones (excluding diaryl/α,β-unsaturated/α-hetero) is 1. The van der Waals surface area contributed by atoms with Crippen molar-refractivity contribution >= 4 is 33.5 Å². The molecule has 0 spiro atoms. The summed E-state index contributed by atoms with van der Waals surface area (Å²) in [5.41, 5.74) is 0.727. The largest absolute Gasteiger partial charge is 0.298 e. The van der Waals surface area contributed by atoms with Crippen molar-refractivity contribution in [2.24, 2.45) is 0 Å². The molecule has 1 aromatic carbocycles. The van der Waals surface area contributed by atoms with Crippen molar-refractivity contribution in [3.8, 4) is 0 Å². The fourth-order valence-corrected chi connectivity index (χ4v) is 1.75. The molecule has 0 N–H and O–H groups in total. The van der Waals surface area contributed by atoms with Gasteiger partial charge < -0.3 is 0 Å². The lowest BCUT2D eigenvalue weighted by Gasteiger charge is -2.02. The zero-order valence-electron chi connectivity index (χ0n) is 7.72. The Balaban J connectivity index is 2.81. The molecule has 0 aromatic heterocycles. The van der Waals surface area contributed by atoms with Gasteiger partial charge in [0.05, 0.1) is 5.33 Å². The standard InChI is InChI=1S/C10H10BrFOS/c1-14-10-3-2-7(5-9(10)12)4-8(13)6-11/h2-3,5H,4,6H2,1H3. The quantitative estimate of drug-likeness (QED) is 0.621. The van der Waals surface area contributed by atoms with Crippen LogP contribution in [-0.2, 0) is 11.2 Å². The number of rotatable bonds is 4. The Morgan fingerprint density at radius 1 is 1.57 bits per heavy atom. The number of ketones is 1. The minimum atomic E-state index is -0.252. The van der Waals surface area contributed by atoms with E-state index in [4.69, 9.17) is 0 Å². The molecular formula is C10H10BrFOS. The minimum absolute atomic E-state index is 0.0568. The Bertz CT molecular complexity index is 341. The molecule has 4 heteroatoms. The van der Waals surface area contributed by atoms with Crippen LogP contribution in [0, 0.1) is 5.82 Å². The van der Waals surface area contributed by atoms with Crippen LogP contribution >= 0.6 is 27.7 Å². The minimum Gasteiger partial charge on any atom is -0.298 e. The third kappa shape index (κ3) is 3.10. The summed E-state index contributed by atoms with van der Waals surface area (Å²) >= 11 is 4.43. The van der Waals surface area contributed by atoms with Crippen LogP contribution in [0.25, 0.3) is 0 Å². The van der Waals surface area contributed by atoms with Crippen molar-refractivity contribution in [3.05, 3.63) is 29.6 Å². The van der Waals surface area contributed by atoms with E-state index >= 15 is 0 Å². The van der Waals surface area contributed by atoms with Gasteiger partial charge in [0.1, 0.15) is 11.6 Å². The van der Waals surface area contributed by atoms with E-state index < -0.39 is 0 Å². The molecule has 0 aliphatic carbocycles. The van der Waals surface area contributed by atoms with Gasteiger partial charge in [-0.05, 0) is 24.0 Å². The highest BCUT2D eigenvalue weighted by atomic mass is 79.9. The van der Waals surface area contributed by atoms with Crippen molar-refractivity contribution in [2.75, 3.05) is 11.6 Å². The molecule has 0 atom stereocenters. The first-order valence-corrected chi connectivity index (χ1v) is 6.42. The fraction of sp³-hybridized carbons (Fsp3) is 0.300. The van der Waals surface area contributed by atoms with Crippen LogP contribution in [0.15, 0.2) is 23.1 Å². The van der Waals surface area contributed by atoms with Gasteiger partial charge >= 0.3 is 0 Å². The molecule has 0 amide bonds. The Hall–Kier alpha value is -0.350. The van der Waals surface area contributed by atoms with Crippen LogP contribution in [-0.4, -0.2) is 17.4 Å². The topological polar surface area (TPSA) is 17.1 Å². The molecule has 14 heavy (non-hydrogen) atoms. The fourth-order valence-electron chi connectivity index (χ4n) is 1.09. The first-order chi connectivity index (χ1) is 6.67. The molecule has 1 aromatic rings. The molecular weight excluding hydrogens is 267 g/mol. The van der Waals surface area contributed by atoms with Gasteiger partial charge in [-0.15, -0.1) is 11.8 Å². The number of alkyl halides is 1. The summed E-state index contributed by atoms with van der Waals surface area (Å²) in [6.07, 6.45) is 2.11. The average Bonchev–Trinajstić information content (AvgIpc) is 2.18. The van der Waals surface area contributed by atoms with E-state index in [9.17, 15) is 9.18 Å². The van der Waals surface area contributed by atoms with Gasteiger partial charge in [0, 0.05) is 11.3 Å². The predicted octanol–water partition coefficient (Wildman–Crippen LogP) is 3.05. The van der Waals surface area contributed by atoms with Gasteiger partial charge in [0.25, 0.3) is 0 Å². The number of benzene rings is 1. The predicted molar refractivity (Wildman–Crippen MR) is 60.7 cm³/mol. The van der Waals surface area contributed by atoms with Crippen LogP contribution in [0.2, 0.25) is 0 Å². The molecule has 0 radical (unpaired) electrons. The first kappa shape index (κ1) is 11.7. The highest BCUT2D eigenvalue weighted by molar-refractivity contribution is 9.09. The first-order valence-electron chi connectivity index (χ1n) is 4.07. The number of thioether (sulfide) groups is 1. The van der Waals surface area contributed by atoms with E-state index in [1.54, 1.807) is 12.1 Å². The van der Waals surface area contributed by atoms with Crippen LogP contribution in [0.1, 0.15) is 5.56 Å². The Morgan fingerprint density at radius 2 is 2.29 bits per heavy atom. The molecule has 0 saturated carbocycles. The molecule has 0 saturated heterocycles. The SMILES string of the molecule is CSc1ccc(CC(=O)CBr)cc1F. The van der Waals surface area contributed by atoms with E-state index in [0.717, 1.165) is 5.56 Å². The van der Waals surface area contributed by atoms with Crippen LogP contribution in [0.5, 0.6) is 0 Å². The summed E-state index contributed by atoms with van der Waals surface area (Å²) in [5, 5.41) is 0.318. The summed E-state index contributed by atoms with van der Waals surface area (Å²) in [6, 6.07) is 4.92. The molecule has 1 nitrogen and oxygen atoms in total. The molecule has 0 aliphatic heterocycles. The monoisotopic (exact) mass is 276 g/mol. The number of hydrogen-bond donors (Lipinski definition) is 0. The molecule has 0 heterocycles. The molecule has 0 bridgehead atoms. The van der Waals surface area contributed by atoms with Crippen LogP contribution in [0.4, 0.5) is 4.39 Å². The lowest BCUT2D eigenvalue weighted by atomic mass is 10.1. The second-order valence-electron chi connectivity index (χ2n) is 2.82. The third-order valence-electron chi connectivity index (χ3n) is 1.77. The van der Waals surface area contributed by atoms with Crippen molar-refractivity contribution in [1.82, 2.24) is 0 Å². The Morgan fingerprint density at radius 3 is 2.79 bits per heavy atom. The Labute approximate surface area is 95.2 Å². The number of halogens is 2. The summed E-state index contributed by atoms with van der Waals surface area (Å²) in [5.74, 6) is -0.196. The third-order valence-corrected chi connectivity index (χ3v) is 3.16. The summed E-state index contributed by atoms with van der Waals surface area (Å²) < 4.78 is 13.3. The van der Waals surface area contributed by atoms with E-state index in [-0.39, 0.29) is 18.0 Å². The maximum absolute atomic E-state index is 13.3. The van der Waals surface area contributed by atoms with Gasteiger partial charge in [0.2, 0.25) is 0 Å². The second-order valence-corrected chi connectivity index (χ2v) is 4.23. The second kappa shape index (κ2) is 5.51.